The minimum absolute atomic E-state index is 0.230. The van der Waals surface area contributed by atoms with Crippen LogP contribution in [0.25, 0.3) is 6.08 Å². The van der Waals surface area contributed by atoms with Crippen molar-refractivity contribution < 1.29 is 4.79 Å². The van der Waals surface area contributed by atoms with Gasteiger partial charge in [-0.2, -0.15) is 0 Å². The second kappa shape index (κ2) is 6.24. The molecule has 0 spiro atoms. The van der Waals surface area contributed by atoms with Crippen LogP contribution in [-0.4, -0.2) is 11.9 Å². The van der Waals surface area contributed by atoms with Gasteiger partial charge in [-0.1, -0.05) is 38.6 Å². The van der Waals surface area contributed by atoms with Gasteiger partial charge in [0.1, 0.15) is 0 Å². The third-order valence-electron chi connectivity index (χ3n) is 2.89. The monoisotopic (exact) mass is 231 g/mol. The number of amides is 1. The summed E-state index contributed by atoms with van der Waals surface area (Å²) >= 11 is 0. The van der Waals surface area contributed by atoms with Gasteiger partial charge in [0, 0.05) is 18.2 Å². The molecule has 1 aliphatic rings. The van der Waals surface area contributed by atoms with E-state index >= 15 is 0 Å². The molecule has 92 valence electrons. The summed E-state index contributed by atoms with van der Waals surface area (Å²) < 4.78 is 0. The van der Waals surface area contributed by atoms with E-state index in [-0.39, 0.29) is 5.91 Å². The molecule has 1 atom stereocenters. The van der Waals surface area contributed by atoms with Gasteiger partial charge in [-0.3, -0.25) is 4.79 Å². The fraction of sp³-hybridized carbons (Fsp3) is 0.400. The van der Waals surface area contributed by atoms with E-state index in [0.29, 0.717) is 12.5 Å². The quantitative estimate of drug-likeness (QED) is 0.756. The van der Waals surface area contributed by atoms with Gasteiger partial charge < -0.3 is 4.90 Å². The van der Waals surface area contributed by atoms with Gasteiger partial charge in [0.2, 0.25) is 5.91 Å². The Morgan fingerprint density at radius 3 is 2.29 bits per heavy atom. The number of hydrogen-bond acceptors (Lipinski definition) is 1. The van der Waals surface area contributed by atoms with Gasteiger partial charge in [-0.15, -0.1) is 0 Å². The van der Waals surface area contributed by atoms with Crippen LogP contribution in [0.15, 0.2) is 30.8 Å². The van der Waals surface area contributed by atoms with Gasteiger partial charge in [0.05, 0.1) is 0 Å². The topological polar surface area (TPSA) is 20.3 Å². The van der Waals surface area contributed by atoms with Crippen molar-refractivity contribution in [1.29, 1.82) is 0 Å². The van der Waals surface area contributed by atoms with Crippen molar-refractivity contribution in [3.05, 3.63) is 36.4 Å². The Morgan fingerprint density at radius 1 is 1.29 bits per heavy atom. The average Bonchev–Trinajstić information content (AvgIpc) is 2.72. The van der Waals surface area contributed by atoms with Crippen LogP contribution in [0.3, 0.4) is 0 Å². The zero-order valence-corrected chi connectivity index (χ0v) is 10.9. The Balaban J connectivity index is 0.000000686. The molecule has 1 unspecified atom stereocenters. The summed E-state index contributed by atoms with van der Waals surface area (Å²) in [5.74, 6) is 0.230. The molecule has 1 aliphatic heterocycles. The molecule has 0 aromatic heterocycles. The molecule has 0 bridgehead atoms. The second-order valence-corrected chi connectivity index (χ2v) is 3.95. The van der Waals surface area contributed by atoms with Crippen molar-refractivity contribution >= 4 is 17.7 Å². The van der Waals surface area contributed by atoms with E-state index in [0.717, 1.165) is 17.7 Å². The molecule has 2 nitrogen and oxygen atoms in total. The van der Waals surface area contributed by atoms with Gasteiger partial charge in [-0.25, -0.2) is 0 Å². The van der Waals surface area contributed by atoms with Crippen LogP contribution >= 0.6 is 0 Å². The molecule has 1 saturated heterocycles. The van der Waals surface area contributed by atoms with E-state index in [1.807, 2.05) is 43.0 Å². The predicted octanol–water partition coefficient (Wildman–Crippen LogP) is 3.87. The van der Waals surface area contributed by atoms with E-state index in [4.69, 9.17) is 0 Å². The highest BCUT2D eigenvalue weighted by Crippen LogP contribution is 2.26. The Bertz CT molecular complexity index is 380. The predicted molar refractivity (Wildman–Crippen MR) is 74.1 cm³/mol. The van der Waals surface area contributed by atoms with E-state index in [1.165, 1.54) is 0 Å². The lowest BCUT2D eigenvalue weighted by Gasteiger charge is -2.21. The van der Waals surface area contributed by atoms with Gasteiger partial charge in [0.15, 0.2) is 0 Å². The summed E-state index contributed by atoms with van der Waals surface area (Å²) in [5.41, 5.74) is 2.08. The zero-order chi connectivity index (χ0) is 12.8. The molecule has 17 heavy (non-hydrogen) atoms. The van der Waals surface area contributed by atoms with Crippen molar-refractivity contribution in [3.8, 4) is 0 Å². The highest BCUT2D eigenvalue weighted by molar-refractivity contribution is 5.96. The minimum atomic E-state index is 0.230. The fourth-order valence-corrected chi connectivity index (χ4v) is 2.00. The van der Waals surface area contributed by atoms with Gasteiger partial charge >= 0.3 is 0 Å². The molecule has 0 aliphatic carbocycles. The smallest absolute Gasteiger partial charge is 0.227 e. The van der Waals surface area contributed by atoms with Crippen LogP contribution in [0.2, 0.25) is 0 Å². The van der Waals surface area contributed by atoms with E-state index in [9.17, 15) is 4.79 Å². The third-order valence-corrected chi connectivity index (χ3v) is 2.89. The number of hydrogen-bond donors (Lipinski definition) is 0. The first kappa shape index (κ1) is 13.5. The van der Waals surface area contributed by atoms with E-state index in [2.05, 4.69) is 13.5 Å². The van der Waals surface area contributed by atoms with Crippen LogP contribution in [0.1, 0.15) is 39.2 Å². The first-order valence-electron chi connectivity index (χ1n) is 6.27. The third kappa shape index (κ3) is 2.96. The molecule has 1 amide bonds. The summed E-state index contributed by atoms with van der Waals surface area (Å²) in [6.45, 7) is 9.80. The Labute approximate surface area is 104 Å². The zero-order valence-electron chi connectivity index (χ0n) is 10.9. The largest absolute Gasteiger partial charge is 0.310 e. The summed E-state index contributed by atoms with van der Waals surface area (Å²) in [4.78, 5) is 13.5. The van der Waals surface area contributed by atoms with Crippen LogP contribution < -0.4 is 4.90 Å². The Hall–Kier alpha value is -1.57. The lowest BCUT2D eigenvalue weighted by Crippen LogP contribution is -2.30. The number of carbonyl (C=O) groups is 1. The van der Waals surface area contributed by atoms with E-state index in [1.54, 1.807) is 6.08 Å². The standard InChI is InChI=1S/C13H15NO.C2H6/c1-3-11-5-7-12(8-6-11)14-10(2)4-9-13(14)15;1-2/h3,5-8,10H,1,4,9H2,2H3;1-2H3. The number of rotatable bonds is 2. The summed E-state index contributed by atoms with van der Waals surface area (Å²) in [7, 11) is 0. The van der Waals surface area contributed by atoms with Crippen LogP contribution in [0.5, 0.6) is 0 Å². The number of anilines is 1. The minimum Gasteiger partial charge on any atom is -0.310 e. The maximum Gasteiger partial charge on any atom is 0.227 e. The molecule has 1 heterocycles. The molecule has 1 aromatic rings. The summed E-state index contributed by atoms with van der Waals surface area (Å²) in [5, 5.41) is 0. The molecule has 2 heteroatoms. The molecule has 0 N–H and O–H groups in total. The normalized spacial score (nSPS) is 18.6. The molecule has 0 radical (unpaired) electrons. The molecular formula is C15H21NO. The van der Waals surface area contributed by atoms with Crippen molar-refractivity contribution in [2.45, 2.75) is 39.7 Å². The van der Waals surface area contributed by atoms with Crippen LogP contribution in [0.4, 0.5) is 5.69 Å². The number of benzene rings is 1. The molecule has 0 saturated carbocycles. The van der Waals surface area contributed by atoms with Crippen molar-refractivity contribution in [3.63, 3.8) is 0 Å². The van der Waals surface area contributed by atoms with Crippen LogP contribution in [-0.2, 0) is 4.79 Å². The number of carbonyl (C=O) groups excluding carboxylic acids is 1. The number of nitrogens with zero attached hydrogens (tertiary/aromatic N) is 1. The maximum atomic E-state index is 11.6. The van der Waals surface area contributed by atoms with Crippen molar-refractivity contribution in [2.75, 3.05) is 4.90 Å². The first-order chi connectivity index (χ1) is 8.22. The molecular weight excluding hydrogens is 210 g/mol. The highest BCUT2D eigenvalue weighted by atomic mass is 16.2. The average molecular weight is 231 g/mol. The lowest BCUT2D eigenvalue weighted by atomic mass is 10.2. The van der Waals surface area contributed by atoms with Crippen molar-refractivity contribution in [1.82, 2.24) is 0 Å². The summed E-state index contributed by atoms with van der Waals surface area (Å²) in [6, 6.07) is 8.27. The van der Waals surface area contributed by atoms with Crippen LogP contribution in [0, 0.1) is 0 Å². The molecule has 2 rings (SSSR count). The molecule has 1 fully saturated rings. The Kier molecular flexibility index (Phi) is 4.95. The fourth-order valence-electron chi connectivity index (χ4n) is 2.00. The molecule has 1 aromatic carbocycles. The van der Waals surface area contributed by atoms with Gasteiger partial charge in [-0.05, 0) is 31.0 Å². The van der Waals surface area contributed by atoms with E-state index < -0.39 is 0 Å². The Morgan fingerprint density at radius 2 is 1.88 bits per heavy atom. The van der Waals surface area contributed by atoms with Gasteiger partial charge in [0.25, 0.3) is 0 Å². The second-order valence-electron chi connectivity index (χ2n) is 3.95. The first-order valence-corrected chi connectivity index (χ1v) is 6.27. The highest BCUT2D eigenvalue weighted by Gasteiger charge is 2.28. The SMILES string of the molecule is C=Cc1ccc(N2C(=O)CCC2C)cc1.CC. The lowest BCUT2D eigenvalue weighted by molar-refractivity contribution is -0.117. The maximum absolute atomic E-state index is 11.6. The summed E-state index contributed by atoms with van der Waals surface area (Å²) in [6.07, 6.45) is 3.44. The van der Waals surface area contributed by atoms with Crippen molar-refractivity contribution in [2.24, 2.45) is 0 Å².